The summed E-state index contributed by atoms with van der Waals surface area (Å²) < 4.78 is 3.03. The van der Waals surface area contributed by atoms with Gasteiger partial charge in [-0.05, 0) is 26.5 Å². The fourth-order valence-corrected chi connectivity index (χ4v) is 2.55. The van der Waals surface area contributed by atoms with Crippen molar-refractivity contribution in [2.75, 3.05) is 5.75 Å². The fraction of sp³-hybridized carbons (Fsp3) is 0.692. The highest BCUT2D eigenvalue weighted by Gasteiger charge is 2.14. The molecule has 0 aliphatic heterocycles. The topological polar surface area (TPSA) is 44.0 Å². The Labute approximate surface area is 114 Å². The summed E-state index contributed by atoms with van der Waals surface area (Å²) in [5, 5.41) is 0. The van der Waals surface area contributed by atoms with Gasteiger partial charge in [0, 0.05) is 18.7 Å². The molecule has 1 aromatic heterocycles. The van der Waals surface area contributed by atoms with Crippen LogP contribution in [-0.4, -0.2) is 15.1 Å². The average molecular weight is 274 g/mol. The van der Waals surface area contributed by atoms with Gasteiger partial charge in [-0.25, -0.2) is 9.36 Å². The highest BCUT2D eigenvalue weighted by atomic mass is 32.2. The van der Waals surface area contributed by atoms with Gasteiger partial charge in [0.25, 0.3) is 11.1 Å². The Bertz CT molecular complexity index is 489. The maximum atomic E-state index is 12.1. The average Bonchev–Trinajstić information content (AvgIpc) is 2.29. The van der Waals surface area contributed by atoms with Crippen molar-refractivity contribution >= 4 is 11.8 Å². The lowest BCUT2D eigenvalue weighted by Gasteiger charge is -2.15. The number of hydrogen-bond acceptors (Lipinski definition) is 3. The molecule has 0 spiro atoms. The first kappa shape index (κ1) is 19.4. The minimum atomic E-state index is -0.0556. The van der Waals surface area contributed by atoms with Gasteiger partial charge in [0.1, 0.15) is 0 Å². The molecule has 0 saturated carbocycles. The quantitative estimate of drug-likeness (QED) is 0.793. The molecule has 0 aliphatic rings. The summed E-state index contributed by atoms with van der Waals surface area (Å²) in [6, 6.07) is 0. The summed E-state index contributed by atoms with van der Waals surface area (Å²) in [4.78, 5) is 24.7. The van der Waals surface area contributed by atoms with Crippen LogP contribution in [0.5, 0.6) is 0 Å². The van der Waals surface area contributed by atoms with Crippen LogP contribution in [0.15, 0.2) is 14.5 Å². The van der Waals surface area contributed by atoms with Gasteiger partial charge in [-0.2, -0.15) is 0 Å². The van der Waals surface area contributed by atoms with E-state index >= 15 is 0 Å². The van der Waals surface area contributed by atoms with Crippen molar-refractivity contribution in [2.24, 2.45) is 0 Å². The monoisotopic (exact) mass is 274 g/mol. The van der Waals surface area contributed by atoms with Gasteiger partial charge in [-0.15, -0.1) is 11.8 Å². The van der Waals surface area contributed by atoms with Gasteiger partial charge in [-0.3, -0.25) is 9.59 Å². The fourth-order valence-electron chi connectivity index (χ4n) is 1.73. The third-order valence-corrected chi connectivity index (χ3v) is 3.56. The molecule has 0 bridgehead atoms. The zero-order chi connectivity index (χ0) is 12.3. The predicted octanol–water partition coefficient (Wildman–Crippen LogP) is 2.74. The van der Waals surface area contributed by atoms with Gasteiger partial charge >= 0.3 is 0 Å². The molecule has 0 N–H and O–H groups in total. The van der Waals surface area contributed by atoms with Gasteiger partial charge < -0.3 is 0 Å². The lowest BCUT2D eigenvalue weighted by molar-refractivity contribution is 0.431. The molecule has 0 amide bonds. The summed E-state index contributed by atoms with van der Waals surface area (Å²) in [6.45, 7) is 8.51. The zero-order valence-electron chi connectivity index (χ0n) is 10.2. The van der Waals surface area contributed by atoms with E-state index in [4.69, 9.17) is 0 Å². The normalized spacial score (nSPS) is 9.56. The Morgan fingerprint density at radius 2 is 1.39 bits per heavy atom. The van der Waals surface area contributed by atoms with Crippen molar-refractivity contribution in [1.29, 1.82) is 0 Å². The summed E-state index contributed by atoms with van der Waals surface area (Å²) >= 11 is 1.44. The SMILES string of the molecule is C.C.CCSc1c(C)c(=O)n(CC)n(CC)c1=O. The third-order valence-electron chi connectivity index (χ3n) is 2.50. The molecule has 1 heterocycles. The highest BCUT2D eigenvalue weighted by molar-refractivity contribution is 7.99. The molecule has 4 nitrogen and oxygen atoms in total. The Kier molecular flexibility index (Phi) is 8.81. The molecule has 106 valence electrons. The van der Waals surface area contributed by atoms with E-state index in [2.05, 4.69) is 0 Å². The Hall–Kier alpha value is -0.970. The smallest absolute Gasteiger partial charge is 0.268 e. The number of thioether (sulfide) groups is 1. The zero-order valence-corrected chi connectivity index (χ0v) is 11.1. The van der Waals surface area contributed by atoms with Crippen LogP contribution in [0.2, 0.25) is 0 Å². The molecular weight excluding hydrogens is 248 g/mol. The van der Waals surface area contributed by atoms with Gasteiger partial charge in [0.2, 0.25) is 0 Å². The maximum Gasteiger partial charge on any atom is 0.279 e. The van der Waals surface area contributed by atoms with Crippen LogP contribution in [0.1, 0.15) is 41.2 Å². The van der Waals surface area contributed by atoms with Gasteiger partial charge in [0.15, 0.2) is 0 Å². The molecule has 0 aliphatic carbocycles. The number of aromatic nitrogens is 2. The lowest BCUT2D eigenvalue weighted by atomic mass is 10.3. The van der Waals surface area contributed by atoms with E-state index in [0.717, 1.165) is 5.75 Å². The number of nitrogens with zero attached hydrogens (tertiary/aromatic N) is 2. The molecule has 0 unspecified atom stereocenters. The molecular formula is C13H26N2O2S. The van der Waals surface area contributed by atoms with Crippen molar-refractivity contribution in [2.45, 2.75) is 60.5 Å². The number of hydrogen-bond donors (Lipinski definition) is 0. The van der Waals surface area contributed by atoms with E-state index in [9.17, 15) is 9.59 Å². The first-order valence-corrected chi connectivity index (χ1v) is 6.54. The Balaban J connectivity index is 0. The van der Waals surface area contributed by atoms with E-state index < -0.39 is 0 Å². The van der Waals surface area contributed by atoms with Crippen molar-refractivity contribution in [1.82, 2.24) is 9.36 Å². The van der Waals surface area contributed by atoms with E-state index in [1.807, 2.05) is 20.8 Å². The number of rotatable bonds is 4. The summed E-state index contributed by atoms with van der Waals surface area (Å²) in [5.74, 6) is 0.801. The van der Waals surface area contributed by atoms with Gasteiger partial charge in [0.05, 0.1) is 4.90 Å². The second-order valence-electron chi connectivity index (χ2n) is 3.43. The van der Waals surface area contributed by atoms with E-state index in [0.29, 0.717) is 23.5 Å². The van der Waals surface area contributed by atoms with Crippen LogP contribution in [0.25, 0.3) is 0 Å². The second kappa shape index (κ2) is 8.19. The minimum Gasteiger partial charge on any atom is -0.268 e. The Morgan fingerprint density at radius 1 is 0.944 bits per heavy atom. The van der Waals surface area contributed by atoms with E-state index in [1.165, 1.54) is 21.1 Å². The summed E-state index contributed by atoms with van der Waals surface area (Å²) in [5.41, 5.74) is 0.469. The molecule has 0 fully saturated rings. The first-order chi connectivity index (χ1) is 7.58. The first-order valence-electron chi connectivity index (χ1n) is 5.55. The maximum absolute atomic E-state index is 12.1. The van der Waals surface area contributed by atoms with Crippen LogP contribution in [-0.2, 0) is 13.1 Å². The standard InChI is InChI=1S/C11H18N2O2S.2CH4/c1-5-12-10(14)8(4)9(16-7-3)11(15)13(12)6-2;;/h5-7H2,1-4H3;2*1H4. The molecule has 0 aromatic carbocycles. The van der Waals surface area contributed by atoms with Crippen molar-refractivity contribution in [3.63, 3.8) is 0 Å². The van der Waals surface area contributed by atoms with Crippen LogP contribution in [0.3, 0.4) is 0 Å². The predicted molar refractivity (Wildman–Crippen MR) is 80.9 cm³/mol. The lowest BCUT2D eigenvalue weighted by Crippen LogP contribution is -2.40. The Morgan fingerprint density at radius 3 is 1.78 bits per heavy atom. The minimum absolute atomic E-state index is 0. The summed E-state index contributed by atoms with van der Waals surface area (Å²) in [6.07, 6.45) is 0. The van der Waals surface area contributed by atoms with Crippen LogP contribution in [0, 0.1) is 6.92 Å². The summed E-state index contributed by atoms with van der Waals surface area (Å²) in [7, 11) is 0. The third kappa shape index (κ3) is 3.28. The molecule has 1 aromatic rings. The molecule has 0 saturated heterocycles. The molecule has 1 rings (SSSR count). The second-order valence-corrected chi connectivity index (χ2v) is 4.70. The van der Waals surface area contributed by atoms with Gasteiger partial charge in [-0.1, -0.05) is 21.8 Å². The van der Waals surface area contributed by atoms with E-state index in [-0.39, 0.29) is 26.0 Å². The molecule has 5 heteroatoms. The highest BCUT2D eigenvalue weighted by Crippen LogP contribution is 2.14. The van der Waals surface area contributed by atoms with Crippen molar-refractivity contribution in [3.8, 4) is 0 Å². The van der Waals surface area contributed by atoms with Crippen LogP contribution < -0.4 is 11.1 Å². The molecule has 18 heavy (non-hydrogen) atoms. The largest absolute Gasteiger partial charge is 0.279 e. The van der Waals surface area contributed by atoms with Crippen LogP contribution in [0.4, 0.5) is 0 Å². The molecule has 0 atom stereocenters. The molecule has 0 radical (unpaired) electrons. The van der Waals surface area contributed by atoms with Crippen molar-refractivity contribution in [3.05, 3.63) is 26.3 Å². The van der Waals surface area contributed by atoms with E-state index in [1.54, 1.807) is 6.92 Å². The van der Waals surface area contributed by atoms with Crippen molar-refractivity contribution < 1.29 is 0 Å². The van der Waals surface area contributed by atoms with Crippen LogP contribution >= 0.6 is 11.8 Å².